The van der Waals surface area contributed by atoms with Crippen LogP contribution in [0.15, 0.2) is 0 Å². The van der Waals surface area contributed by atoms with Crippen molar-refractivity contribution in [3.05, 3.63) is 0 Å². The molecule has 3 unspecified atom stereocenters. The number of hydrogen-bond donors (Lipinski definition) is 0. The average Bonchev–Trinajstić information content (AvgIpc) is 2.23. The minimum absolute atomic E-state index is 0.173. The Hall–Kier alpha value is 2.30. The molecule has 140 valence electrons. The SMILES string of the molecule is CC(C)(C)C(I)OP(=O)(OC(I)C(C)(C)C)OC(I)C(C)(C)C. The molecule has 0 radical (unpaired) electrons. The number of alkyl halides is 3. The first kappa shape index (κ1) is 25.3. The second-order valence-corrected chi connectivity index (χ2v) is 13.7. The van der Waals surface area contributed by atoms with E-state index in [1.165, 1.54) is 0 Å². The van der Waals surface area contributed by atoms with Crippen LogP contribution in [-0.4, -0.2) is 12.3 Å². The highest BCUT2D eigenvalue weighted by Gasteiger charge is 2.42. The molecule has 0 aromatic heterocycles. The molecule has 0 fully saturated rings. The minimum Gasteiger partial charge on any atom is -0.272 e. The predicted octanol–water partition coefficient (Wildman–Crippen LogP) is 7.57. The van der Waals surface area contributed by atoms with Crippen LogP contribution >= 0.6 is 75.6 Å². The monoisotopic (exact) mass is 686 g/mol. The van der Waals surface area contributed by atoms with Gasteiger partial charge >= 0.3 is 7.82 Å². The van der Waals surface area contributed by atoms with Gasteiger partial charge in [0.1, 0.15) is 12.3 Å². The van der Waals surface area contributed by atoms with Gasteiger partial charge in [-0.1, -0.05) is 62.3 Å². The van der Waals surface area contributed by atoms with Gasteiger partial charge in [-0.25, -0.2) is 4.57 Å². The van der Waals surface area contributed by atoms with Gasteiger partial charge < -0.3 is 0 Å². The Morgan fingerprint density at radius 3 is 0.913 bits per heavy atom. The molecule has 0 spiro atoms. The number of rotatable bonds is 6. The minimum atomic E-state index is -3.70. The molecule has 0 saturated heterocycles. The van der Waals surface area contributed by atoms with Gasteiger partial charge in [0.05, 0.1) is 0 Å². The molecule has 0 aromatic rings. The lowest BCUT2D eigenvalue weighted by atomic mass is 9.99. The standard InChI is InChI=1S/C15H30I3O4P/c1-13(2,3)10(16)20-23(19,21-11(17)14(4,5)6)22-12(18)15(7,8)9/h10-12H,1-9H3. The van der Waals surface area contributed by atoms with Crippen molar-refractivity contribution in [1.29, 1.82) is 0 Å². The van der Waals surface area contributed by atoms with Gasteiger partial charge in [-0.3, -0.25) is 13.6 Å². The molecule has 0 aliphatic rings. The molecule has 3 atom stereocenters. The summed E-state index contributed by atoms with van der Waals surface area (Å²) in [7, 11) is -3.70. The van der Waals surface area contributed by atoms with Crippen molar-refractivity contribution in [3.63, 3.8) is 0 Å². The lowest BCUT2D eigenvalue weighted by Gasteiger charge is -2.35. The summed E-state index contributed by atoms with van der Waals surface area (Å²) in [5.41, 5.74) is -0.518. The second kappa shape index (κ2) is 8.99. The largest absolute Gasteiger partial charge is 0.477 e. The summed E-state index contributed by atoms with van der Waals surface area (Å²) < 4.78 is 29.9. The van der Waals surface area contributed by atoms with Crippen molar-refractivity contribution in [2.75, 3.05) is 0 Å². The second-order valence-electron chi connectivity index (χ2n) is 8.81. The van der Waals surface area contributed by atoms with Crippen LogP contribution < -0.4 is 0 Å². The quantitative estimate of drug-likeness (QED) is 0.165. The molecule has 0 aliphatic heterocycles. The third-order valence-electron chi connectivity index (χ3n) is 2.71. The zero-order valence-corrected chi connectivity index (χ0v) is 22.8. The van der Waals surface area contributed by atoms with Gasteiger partial charge in [-0.15, -0.1) is 0 Å². The maximum atomic E-state index is 13.3. The van der Waals surface area contributed by atoms with E-state index in [4.69, 9.17) is 13.6 Å². The Bertz CT molecular complexity index is 362. The van der Waals surface area contributed by atoms with E-state index in [1.54, 1.807) is 0 Å². The van der Waals surface area contributed by atoms with Gasteiger partial charge in [0.25, 0.3) is 0 Å². The fraction of sp³-hybridized carbons (Fsp3) is 1.00. The highest BCUT2D eigenvalue weighted by Crippen LogP contribution is 2.59. The van der Waals surface area contributed by atoms with E-state index >= 15 is 0 Å². The summed E-state index contributed by atoms with van der Waals surface area (Å²) in [6, 6.07) is 0. The molecule has 0 saturated carbocycles. The Balaban J connectivity index is 5.40. The van der Waals surface area contributed by atoms with E-state index < -0.39 is 7.82 Å². The topological polar surface area (TPSA) is 44.8 Å². The van der Waals surface area contributed by atoms with E-state index in [0.717, 1.165) is 0 Å². The van der Waals surface area contributed by atoms with Crippen molar-refractivity contribution in [1.82, 2.24) is 0 Å². The maximum Gasteiger partial charge on any atom is 0.477 e. The summed E-state index contributed by atoms with van der Waals surface area (Å²) >= 11 is 6.45. The molecular formula is C15H30I3O4P. The van der Waals surface area contributed by atoms with Crippen molar-refractivity contribution >= 4 is 75.6 Å². The van der Waals surface area contributed by atoms with E-state index in [1.807, 2.05) is 62.3 Å². The fourth-order valence-electron chi connectivity index (χ4n) is 0.889. The van der Waals surface area contributed by atoms with Gasteiger partial charge in [0.15, 0.2) is 0 Å². The van der Waals surface area contributed by atoms with Crippen LogP contribution in [-0.2, 0) is 18.1 Å². The third-order valence-corrected chi connectivity index (χ3v) is 11.7. The zero-order valence-electron chi connectivity index (χ0n) is 15.4. The summed E-state index contributed by atoms with van der Waals surface area (Å²) in [5.74, 6) is 0. The lowest BCUT2D eigenvalue weighted by molar-refractivity contribution is 0.0347. The molecule has 0 N–H and O–H groups in total. The van der Waals surface area contributed by atoms with Gasteiger partial charge in [-0.2, -0.15) is 0 Å². The van der Waals surface area contributed by atoms with E-state index in [2.05, 4.69) is 67.8 Å². The average molecular weight is 686 g/mol. The Labute approximate surface area is 183 Å². The van der Waals surface area contributed by atoms with Crippen LogP contribution in [0.25, 0.3) is 0 Å². The van der Waals surface area contributed by atoms with E-state index in [0.29, 0.717) is 0 Å². The van der Waals surface area contributed by atoms with E-state index in [-0.39, 0.29) is 28.6 Å². The highest BCUT2D eigenvalue weighted by molar-refractivity contribution is 14.1. The Morgan fingerprint density at radius 2 is 0.783 bits per heavy atom. The summed E-state index contributed by atoms with van der Waals surface area (Å²) in [6.07, 6.45) is 0. The first-order valence-electron chi connectivity index (χ1n) is 7.46. The van der Waals surface area contributed by atoms with Crippen molar-refractivity contribution in [2.45, 2.75) is 74.6 Å². The van der Waals surface area contributed by atoms with Crippen LogP contribution in [0.1, 0.15) is 62.3 Å². The van der Waals surface area contributed by atoms with Gasteiger partial charge in [-0.05, 0) is 84.0 Å². The molecule has 0 bridgehead atoms. The lowest BCUT2D eigenvalue weighted by Crippen LogP contribution is -2.29. The van der Waals surface area contributed by atoms with Crippen LogP contribution in [0.2, 0.25) is 0 Å². The first-order chi connectivity index (χ1) is 9.88. The predicted molar refractivity (Wildman–Crippen MR) is 123 cm³/mol. The fourth-order valence-corrected chi connectivity index (χ4v) is 5.17. The normalized spacial score (nSPS) is 20.7. The third kappa shape index (κ3) is 9.70. The Kier molecular flexibility index (Phi) is 9.89. The zero-order chi connectivity index (χ0) is 18.9. The smallest absolute Gasteiger partial charge is 0.272 e. The van der Waals surface area contributed by atoms with Crippen LogP contribution in [0.5, 0.6) is 0 Å². The van der Waals surface area contributed by atoms with Crippen molar-refractivity contribution < 1.29 is 18.1 Å². The van der Waals surface area contributed by atoms with Gasteiger partial charge in [0, 0.05) is 0 Å². The van der Waals surface area contributed by atoms with Crippen LogP contribution in [0.4, 0.5) is 0 Å². The first-order valence-corrected chi connectivity index (χ1v) is 12.7. The molecule has 0 aliphatic carbocycles. The number of hydrogen-bond acceptors (Lipinski definition) is 4. The van der Waals surface area contributed by atoms with Crippen molar-refractivity contribution in [3.8, 4) is 0 Å². The summed E-state index contributed by atoms with van der Waals surface area (Å²) in [6.45, 7) is 18.3. The molecule has 0 aromatic carbocycles. The molecule has 0 amide bonds. The van der Waals surface area contributed by atoms with E-state index in [9.17, 15) is 4.57 Å². The van der Waals surface area contributed by atoms with Crippen molar-refractivity contribution in [2.24, 2.45) is 16.2 Å². The molecule has 8 heteroatoms. The molecule has 23 heavy (non-hydrogen) atoms. The highest BCUT2D eigenvalue weighted by atomic mass is 127. The van der Waals surface area contributed by atoms with Crippen LogP contribution in [0, 0.1) is 16.2 Å². The molecule has 4 nitrogen and oxygen atoms in total. The summed E-state index contributed by atoms with van der Waals surface area (Å²) in [4.78, 5) is 0. The number of halogens is 3. The summed E-state index contributed by atoms with van der Waals surface area (Å²) in [5, 5.41) is 0. The molecule has 0 rings (SSSR count). The van der Waals surface area contributed by atoms with Crippen LogP contribution in [0.3, 0.4) is 0 Å². The molecular weight excluding hydrogens is 656 g/mol. The van der Waals surface area contributed by atoms with Gasteiger partial charge in [0.2, 0.25) is 0 Å². The number of phosphoric ester groups is 1. The Morgan fingerprint density at radius 1 is 0.609 bits per heavy atom. The maximum absolute atomic E-state index is 13.3. The number of phosphoric acid groups is 1. The molecule has 0 heterocycles.